The van der Waals surface area contributed by atoms with Crippen LogP contribution in [0.2, 0.25) is 0 Å². The molecule has 0 radical (unpaired) electrons. The average Bonchev–Trinajstić information content (AvgIpc) is 3.32. The van der Waals surface area contributed by atoms with Crippen molar-refractivity contribution in [2.24, 2.45) is 10.8 Å². The molecule has 1 aromatic carbocycles. The first-order valence-corrected chi connectivity index (χ1v) is 14.2. The molecule has 0 bridgehead atoms. The van der Waals surface area contributed by atoms with Crippen molar-refractivity contribution in [1.29, 1.82) is 5.26 Å². The number of amides is 3. The van der Waals surface area contributed by atoms with Crippen LogP contribution in [0.1, 0.15) is 77.1 Å². The summed E-state index contributed by atoms with van der Waals surface area (Å²) in [4.78, 5) is 47.1. The van der Waals surface area contributed by atoms with Crippen molar-refractivity contribution in [1.82, 2.24) is 20.5 Å². The Morgan fingerprint density at radius 2 is 1.89 bits per heavy atom. The van der Waals surface area contributed by atoms with Crippen molar-refractivity contribution < 1.29 is 14.4 Å². The van der Waals surface area contributed by atoms with Crippen LogP contribution in [0, 0.1) is 29.1 Å². The van der Waals surface area contributed by atoms with Crippen molar-refractivity contribution in [2.45, 2.75) is 84.8 Å². The molecule has 2 aromatic rings. The van der Waals surface area contributed by atoms with Crippen molar-refractivity contribution in [3.63, 3.8) is 0 Å². The van der Waals surface area contributed by atoms with E-state index in [-0.39, 0.29) is 17.9 Å². The monoisotopic (exact) mass is 535 g/mol. The van der Waals surface area contributed by atoms with Crippen LogP contribution < -0.4 is 10.6 Å². The number of likely N-dealkylation sites (tertiary alicyclic amines) is 1. The molecule has 1 saturated heterocycles. The van der Waals surface area contributed by atoms with Crippen LogP contribution in [0.4, 0.5) is 0 Å². The highest BCUT2D eigenvalue weighted by molar-refractivity contribution is 7.13. The summed E-state index contributed by atoms with van der Waals surface area (Å²) in [6, 6.07) is 8.69. The Morgan fingerprint density at radius 3 is 2.42 bits per heavy atom. The second-order valence-corrected chi connectivity index (χ2v) is 12.4. The van der Waals surface area contributed by atoms with Crippen LogP contribution in [-0.2, 0) is 14.4 Å². The van der Waals surface area contributed by atoms with E-state index in [9.17, 15) is 19.6 Å². The molecule has 38 heavy (non-hydrogen) atoms. The van der Waals surface area contributed by atoms with Gasteiger partial charge in [-0.3, -0.25) is 14.4 Å². The van der Waals surface area contributed by atoms with Gasteiger partial charge >= 0.3 is 0 Å². The number of thiazole rings is 1. The van der Waals surface area contributed by atoms with Gasteiger partial charge in [-0.25, -0.2) is 4.98 Å². The first-order chi connectivity index (χ1) is 18.0. The quantitative estimate of drug-likeness (QED) is 0.516. The van der Waals surface area contributed by atoms with Gasteiger partial charge in [-0.2, -0.15) is 5.26 Å². The number of nitrogens with one attached hydrogen (secondary N) is 2. The molecule has 4 rings (SSSR count). The molecule has 2 aliphatic rings. The topological polar surface area (TPSA) is 115 Å². The number of benzene rings is 1. The van der Waals surface area contributed by atoms with Gasteiger partial charge < -0.3 is 15.5 Å². The number of hydrogen-bond acceptors (Lipinski definition) is 6. The fraction of sp³-hybridized carbons (Fsp3) is 0.552. The molecular weight excluding hydrogens is 498 g/mol. The predicted octanol–water partition coefficient (Wildman–Crippen LogP) is 4.51. The summed E-state index contributed by atoms with van der Waals surface area (Å²) in [5.41, 5.74) is 3.35. The highest BCUT2D eigenvalue weighted by atomic mass is 32.1. The molecular formula is C29H37N5O3S. The lowest BCUT2D eigenvalue weighted by molar-refractivity contribution is -0.144. The molecule has 3 atom stereocenters. The second-order valence-electron chi connectivity index (χ2n) is 11.5. The number of nitriles is 1. The maximum absolute atomic E-state index is 13.7. The average molecular weight is 536 g/mol. The first-order valence-electron chi connectivity index (χ1n) is 13.3. The maximum atomic E-state index is 13.7. The Hall–Kier alpha value is -3.25. The Bertz CT molecular complexity index is 1240. The molecule has 0 spiro atoms. The summed E-state index contributed by atoms with van der Waals surface area (Å²) in [6.45, 7) is 10.1. The van der Waals surface area contributed by atoms with Gasteiger partial charge in [0.05, 0.1) is 28.2 Å². The number of aryl methyl sites for hydroxylation is 1. The molecule has 202 valence electrons. The molecule has 8 nitrogen and oxygen atoms in total. The lowest BCUT2D eigenvalue weighted by atomic mass is 9.85. The summed E-state index contributed by atoms with van der Waals surface area (Å²) in [6.07, 6.45) is 3.03. The van der Waals surface area contributed by atoms with Gasteiger partial charge in [0.25, 0.3) is 0 Å². The zero-order valence-corrected chi connectivity index (χ0v) is 23.7. The van der Waals surface area contributed by atoms with E-state index in [4.69, 9.17) is 0 Å². The van der Waals surface area contributed by atoms with Crippen LogP contribution in [0.5, 0.6) is 0 Å². The van der Waals surface area contributed by atoms with Crippen LogP contribution in [0.3, 0.4) is 0 Å². The molecule has 2 heterocycles. The van der Waals surface area contributed by atoms with E-state index in [1.54, 1.807) is 16.2 Å². The minimum absolute atomic E-state index is 0.180. The fourth-order valence-electron chi connectivity index (χ4n) is 5.04. The Balaban J connectivity index is 1.46. The molecule has 1 saturated carbocycles. The lowest BCUT2D eigenvalue weighted by Crippen LogP contribution is -2.58. The lowest BCUT2D eigenvalue weighted by Gasteiger charge is -2.36. The van der Waals surface area contributed by atoms with Gasteiger partial charge in [0.1, 0.15) is 17.5 Å². The van der Waals surface area contributed by atoms with Crippen LogP contribution in [-0.4, -0.2) is 46.2 Å². The highest BCUT2D eigenvalue weighted by Crippen LogP contribution is 2.45. The van der Waals surface area contributed by atoms with Gasteiger partial charge in [0.2, 0.25) is 17.7 Å². The van der Waals surface area contributed by atoms with Crippen molar-refractivity contribution in [3.05, 3.63) is 41.0 Å². The smallest absolute Gasteiger partial charge is 0.246 e. The van der Waals surface area contributed by atoms with Gasteiger partial charge in [-0.05, 0) is 55.6 Å². The SMILES string of the molecule is CC[C@H](NC(=O)[C@@H]1CCCN1C(=O)C(NC(=O)C1(C#N)CC1)C(C)(C)C)c1ccc(-c2scnc2C)cc1. The molecule has 1 unspecified atom stereocenters. The largest absolute Gasteiger partial charge is 0.348 e. The summed E-state index contributed by atoms with van der Waals surface area (Å²) in [7, 11) is 0. The van der Waals surface area contributed by atoms with E-state index in [2.05, 4.69) is 33.8 Å². The number of nitrogens with zero attached hydrogens (tertiary/aromatic N) is 3. The zero-order valence-electron chi connectivity index (χ0n) is 22.8. The first kappa shape index (κ1) is 27.8. The van der Waals surface area contributed by atoms with Crippen LogP contribution >= 0.6 is 11.3 Å². The maximum Gasteiger partial charge on any atom is 0.246 e. The van der Waals surface area contributed by atoms with Crippen molar-refractivity contribution in [3.8, 4) is 16.5 Å². The van der Waals surface area contributed by atoms with E-state index >= 15 is 0 Å². The summed E-state index contributed by atoms with van der Waals surface area (Å²) in [5.74, 6) is -0.842. The molecule has 3 amide bonds. The number of rotatable bonds is 8. The summed E-state index contributed by atoms with van der Waals surface area (Å²) in [5, 5.41) is 15.4. The third-order valence-electron chi connectivity index (χ3n) is 7.67. The summed E-state index contributed by atoms with van der Waals surface area (Å²) >= 11 is 1.61. The third kappa shape index (κ3) is 5.60. The second kappa shape index (κ2) is 10.9. The Morgan fingerprint density at radius 1 is 1.21 bits per heavy atom. The minimum atomic E-state index is -1.02. The van der Waals surface area contributed by atoms with E-state index in [0.717, 1.165) is 28.1 Å². The molecule has 1 aliphatic carbocycles. The highest BCUT2D eigenvalue weighted by Gasteiger charge is 2.53. The van der Waals surface area contributed by atoms with Gasteiger partial charge in [0.15, 0.2) is 0 Å². The number of aromatic nitrogens is 1. The zero-order chi connectivity index (χ0) is 27.7. The van der Waals surface area contributed by atoms with Gasteiger partial charge in [-0.15, -0.1) is 11.3 Å². The number of carbonyl (C=O) groups excluding carboxylic acids is 3. The van der Waals surface area contributed by atoms with E-state index in [1.807, 2.05) is 52.3 Å². The van der Waals surface area contributed by atoms with E-state index in [0.29, 0.717) is 32.2 Å². The van der Waals surface area contributed by atoms with E-state index < -0.39 is 28.8 Å². The van der Waals surface area contributed by atoms with Crippen molar-refractivity contribution >= 4 is 29.1 Å². The van der Waals surface area contributed by atoms with Crippen LogP contribution in [0.15, 0.2) is 29.8 Å². The predicted molar refractivity (Wildman–Crippen MR) is 147 cm³/mol. The molecule has 1 aliphatic heterocycles. The van der Waals surface area contributed by atoms with Gasteiger partial charge in [-0.1, -0.05) is 52.0 Å². The summed E-state index contributed by atoms with van der Waals surface area (Å²) < 4.78 is 0. The third-order valence-corrected chi connectivity index (χ3v) is 8.65. The Kier molecular flexibility index (Phi) is 7.93. The van der Waals surface area contributed by atoms with Crippen LogP contribution in [0.25, 0.3) is 10.4 Å². The fourth-order valence-corrected chi connectivity index (χ4v) is 5.85. The van der Waals surface area contributed by atoms with Gasteiger partial charge in [0, 0.05) is 6.54 Å². The molecule has 9 heteroatoms. The molecule has 2 N–H and O–H groups in total. The molecule has 2 fully saturated rings. The normalized spacial score (nSPS) is 19.8. The van der Waals surface area contributed by atoms with E-state index in [1.165, 1.54) is 0 Å². The minimum Gasteiger partial charge on any atom is -0.348 e. The number of carbonyl (C=O) groups is 3. The standard InChI is InChI=1S/C29H37N5O3S/c1-6-21(19-9-11-20(12-10-19)23-18(2)31-17-38-23)32-25(35)22-8-7-15-34(22)26(36)24(28(3,4)5)33-27(37)29(16-30)13-14-29/h9-12,17,21-22,24H,6-8,13-15H2,1-5H3,(H,32,35)(H,33,37)/t21-,22-,24?/m0/s1. The number of hydrogen-bond donors (Lipinski definition) is 2. The van der Waals surface area contributed by atoms with Crippen molar-refractivity contribution in [2.75, 3.05) is 6.54 Å². The Labute approximate surface area is 228 Å². The molecule has 1 aromatic heterocycles.